The summed E-state index contributed by atoms with van der Waals surface area (Å²) in [5.74, 6) is -0.307. The number of halogens is 1. The Bertz CT molecular complexity index is 522. The van der Waals surface area contributed by atoms with Gasteiger partial charge in [-0.2, -0.15) is 0 Å². The number of aryl methyl sites for hydroxylation is 1. The molecule has 0 unspecified atom stereocenters. The van der Waals surface area contributed by atoms with Gasteiger partial charge in [-0.25, -0.2) is 4.39 Å². The largest absolute Gasteiger partial charge is 0.293 e. The fraction of sp³-hybridized carbons (Fsp3) is 0.250. The standard InChI is InChI=1S/C12H11FN2OS/c1-2-10-12(17-15-14-10)11(16)7-8-3-5-9(13)6-4-8/h3-6H,2,7H2,1H3. The van der Waals surface area contributed by atoms with E-state index in [0.717, 1.165) is 22.8 Å². The zero-order valence-corrected chi connectivity index (χ0v) is 10.1. The molecule has 88 valence electrons. The third kappa shape index (κ3) is 2.74. The Labute approximate surface area is 102 Å². The molecule has 3 nitrogen and oxygen atoms in total. The molecule has 0 saturated carbocycles. The van der Waals surface area contributed by atoms with E-state index in [-0.39, 0.29) is 18.0 Å². The van der Waals surface area contributed by atoms with Crippen LogP contribution in [0.1, 0.15) is 27.9 Å². The van der Waals surface area contributed by atoms with Crippen molar-refractivity contribution in [3.63, 3.8) is 0 Å². The Hall–Kier alpha value is -1.62. The van der Waals surface area contributed by atoms with Crippen LogP contribution in [0.5, 0.6) is 0 Å². The molecular formula is C12H11FN2OS. The average Bonchev–Trinajstić information content (AvgIpc) is 2.80. The number of ketones is 1. The second-order valence-electron chi connectivity index (χ2n) is 3.63. The summed E-state index contributed by atoms with van der Waals surface area (Å²) in [5.41, 5.74) is 1.54. The maximum absolute atomic E-state index is 12.7. The molecule has 0 aliphatic rings. The molecule has 2 aromatic rings. The van der Waals surface area contributed by atoms with Crippen molar-refractivity contribution in [3.8, 4) is 0 Å². The van der Waals surface area contributed by atoms with Gasteiger partial charge in [-0.1, -0.05) is 23.5 Å². The Kier molecular flexibility index (Phi) is 3.58. The van der Waals surface area contributed by atoms with E-state index >= 15 is 0 Å². The van der Waals surface area contributed by atoms with Gasteiger partial charge in [0.15, 0.2) is 5.78 Å². The molecule has 0 atom stereocenters. The third-order valence-corrected chi connectivity index (χ3v) is 3.23. The molecule has 1 aromatic heterocycles. The summed E-state index contributed by atoms with van der Waals surface area (Å²) in [6.45, 7) is 1.94. The van der Waals surface area contributed by atoms with Crippen LogP contribution < -0.4 is 0 Å². The predicted molar refractivity (Wildman–Crippen MR) is 63.7 cm³/mol. The van der Waals surface area contributed by atoms with Crippen molar-refractivity contribution in [1.82, 2.24) is 9.59 Å². The van der Waals surface area contributed by atoms with E-state index in [0.29, 0.717) is 11.3 Å². The van der Waals surface area contributed by atoms with Crippen molar-refractivity contribution in [2.75, 3.05) is 0 Å². The minimum atomic E-state index is -0.296. The normalized spacial score (nSPS) is 10.5. The van der Waals surface area contributed by atoms with Gasteiger partial charge in [0.25, 0.3) is 0 Å². The fourth-order valence-corrected chi connectivity index (χ4v) is 2.21. The highest BCUT2D eigenvalue weighted by Crippen LogP contribution is 2.15. The second-order valence-corrected chi connectivity index (χ2v) is 4.38. The van der Waals surface area contributed by atoms with E-state index in [1.165, 1.54) is 12.1 Å². The Morgan fingerprint density at radius 1 is 1.35 bits per heavy atom. The summed E-state index contributed by atoms with van der Waals surface area (Å²) in [6, 6.07) is 5.95. The summed E-state index contributed by atoms with van der Waals surface area (Å²) in [6.07, 6.45) is 0.956. The van der Waals surface area contributed by atoms with E-state index in [9.17, 15) is 9.18 Å². The van der Waals surface area contributed by atoms with Gasteiger partial charge in [0.1, 0.15) is 10.7 Å². The van der Waals surface area contributed by atoms with Gasteiger partial charge in [-0.05, 0) is 35.6 Å². The number of nitrogens with zero attached hydrogens (tertiary/aromatic N) is 2. The van der Waals surface area contributed by atoms with Crippen molar-refractivity contribution in [2.24, 2.45) is 0 Å². The molecule has 17 heavy (non-hydrogen) atoms. The Morgan fingerprint density at radius 3 is 2.71 bits per heavy atom. The number of benzene rings is 1. The molecule has 0 fully saturated rings. The zero-order chi connectivity index (χ0) is 12.3. The lowest BCUT2D eigenvalue weighted by atomic mass is 10.1. The number of carbonyl (C=O) groups is 1. The van der Waals surface area contributed by atoms with Crippen LogP contribution in [-0.4, -0.2) is 15.4 Å². The molecule has 2 rings (SSSR count). The molecule has 1 aromatic carbocycles. The molecule has 0 aliphatic carbocycles. The number of hydrogen-bond donors (Lipinski definition) is 0. The molecule has 0 saturated heterocycles. The second kappa shape index (κ2) is 5.14. The molecule has 0 radical (unpaired) electrons. The molecule has 0 amide bonds. The first-order chi connectivity index (χ1) is 8.20. The summed E-state index contributed by atoms with van der Waals surface area (Å²) in [7, 11) is 0. The van der Waals surface area contributed by atoms with Crippen molar-refractivity contribution in [1.29, 1.82) is 0 Å². The van der Waals surface area contributed by atoms with Gasteiger partial charge in [-0.3, -0.25) is 4.79 Å². The van der Waals surface area contributed by atoms with E-state index in [2.05, 4.69) is 9.59 Å². The molecule has 0 aliphatic heterocycles. The van der Waals surface area contributed by atoms with Crippen molar-refractivity contribution >= 4 is 17.3 Å². The molecule has 5 heteroatoms. The van der Waals surface area contributed by atoms with Crippen LogP contribution in [0.25, 0.3) is 0 Å². The van der Waals surface area contributed by atoms with Gasteiger partial charge in [-0.15, -0.1) is 5.10 Å². The first kappa shape index (κ1) is 11.9. The summed E-state index contributed by atoms with van der Waals surface area (Å²) in [5, 5.41) is 3.90. The lowest BCUT2D eigenvalue weighted by Gasteiger charge is -2.00. The van der Waals surface area contributed by atoms with Crippen LogP contribution in [0.15, 0.2) is 24.3 Å². The van der Waals surface area contributed by atoms with Crippen LogP contribution in [0.4, 0.5) is 4.39 Å². The molecule has 1 heterocycles. The smallest absolute Gasteiger partial charge is 0.180 e. The number of hydrogen-bond acceptors (Lipinski definition) is 4. The first-order valence-electron chi connectivity index (χ1n) is 5.29. The lowest BCUT2D eigenvalue weighted by Crippen LogP contribution is -2.04. The fourth-order valence-electron chi connectivity index (χ4n) is 1.52. The van der Waals surface area contributed by atoms with Crippen LogP contribution in [0.2, 0.25) is 0 Å². The van der Waals surface area contributed by atoms with Crippen molar-refractivity contribution in [3.05, 3.63) is 46.2 Å². The van der Waals surface area contributed by atoms with E-state index < -0.39 is 0 Å². The van der Waals surface area contributed by atoms with Gasteiger partial charge in [0.05, 0.1) is 5.69 Å². The number of aromatic nitrogens is 2. The van der Waals surface area contributed by atoms with Gasteiger partial charge < -0.3 is 0 Å². The zero-order valence-electron chi connectivity index (χ0n) is 9.31. The maximum atomic E-state index is 12.7. The monoisotopic (exact) mass is 250 g/mol. The number of carbonyl (C=O) groups excluding carboxylic acids is 1. The van der Waals surface area contributed by atoms with Gasteiger partial charge in [0.2, 0.25) is 0 Å². The minimum Gasteiger partial charge on any atom is -0.293 e. The lowest BCUT2D eigenvalue weighted by molar-refractivity contribution is 0.0996. The summed E-state index contributed by atoms with van der Waals surface area (Å²) < 4.78 is 16.5. The Morgan fingerprint density at radius 2 is 2.06 bits per heavy atom. The van der Waals surface area contributed by atoms with Crippen molar-refractivity contribution in [2.45, 2.75) is 19.8 Å². The maximum Gasteiger partial charge on any atom is 0.180 e. The van der Waals surface area contributed by atoms with Crippen molar-refractivity contribution < 1.29 is 9.18 Å². The molecule has 0 N–H and O–H groups in total. The summed E-state index contributed by atoms with van der Waals surface area (Å²) in [4.78, 5) is 12.6. The van der Waals surface area contributed by atoms with Crippen LogP contribution in [0, 0.1) is 5.82 Å². The van der Waals surface area contributed by atoms with E-state index in [1.54, 1.807) is 12.1 Å². The molecule has 0 spiro atoms. The quantitative estimate of drug-likeness (QED) is 0.783. The Balaban J connectivity index is 2.14. The number of rotatable bonds is 4. The minimum absolute atomic E-state index is 0.0107. The topological polar surface area (TPSA) is 42.9 Å². The van der Waals surface area contributed by atoms with Crippen LogP contribution in [0.3, 0.4) is 0 Å². The predicted octanol–water partition coefficient (Wildman–Crippen LogP) is 2.67. The van der Waals surface area contributed by atoms with E-state index in [4.69, 9.17) is 0 Å². The number of Topliss-reactive ketones (excluding diaryl/α,β-unsaturated/α-hetero) is 1. The van der Waals surface area contributed by atoms with Crippen LogP contribution in [-0.2, 0) is 12.8 Å². The third-order valence-electron chi connectivity index (χ3n) is 2.42. The first-order valence-corrected chi connectivity index (χ1v) is 6.07. The van der Waals surface area contributed by atoms with Gasteiger partial charge in [0, 0.05) is 6.42 Å². The highest BCUT2D eigenvalue weighted by Gasteiger charge is 2.15. The van der Waals surface area contributed by atoms with E-state index in [1.807, 2.05) is 6.92 Å². The summed E-state index contributed by atoms with van der Waals surface area (Å²) >= 11 is 1.12. The highest BCUT2D eigenvalue weighted by molar-refractivity contribution is 7.08. The highest BCUT2D eigenvalue weighted by atomic mass is 32.1. The SMILES string of the molecule is CCc1nnsc1C(=O)Cc1ccc(F)cc1. The average molecular weight is 250 g/mol. The molecular weight excluding hydrogens is 239 g/mol. The van der Waals surface area contributed by atoms with Gasteiger partial charge >= 0.3 is 0 Å². The molecule has 0 bridgehead atoms. The van der Waals surface area contributed by atoms with Crippen LogP contribution >= 0.6 is 11.5 Å².